The first kappa shape index (κ1) is 15.9. The van der Waals surface area contributed by atoms with Crippen molar-refractivity contribution in [1.82, 2.24) is 15.0 Å². The minimum absolute atomic E-state index is 0.0437. The fraction of sp³-hybridized carbons (Fsp3) is 0.222. The second-order valence-electron chi connectivity index (χ2n) is 5.92. The van der Waals surface area contributed by atoms with Crippen LogP contribution in [0.1, 0.15) is 47.5 Å². The highest BCUT2D eigenvalue weighted by molar-refractivity contribution is 6.06. The molecule has 122 valence electrons. The van der Waals surface area contributed by atoms with Crippen LogP contribution in [0, 0.1) is 0 Å². The first-order valence-electron chi connectivity index (χ1n) is 7.73. The first-order chi connectivity index (χ1) is 11.5. The molecule has 0 aliphatic carbocycles. The Hall–Kier alpha value is -3.02. The molecular weight excluding hydrogens is 304 g/mol. The van der Waals surface area contributed by atoms with E-state index >= 15 is 0 Å². The van der Waals surface area contributed by atoms with Crippen molar-refractivity contribution < 1.29 is 9.59 Å². The Kier molecular flexibility index (Phi) is 4.12. The van der Waals surface area contributed by atoms with Crippen molar-refractivity contribution in [1.29, 1.82) is 0 Å². The Morgan fingerprint density at radius 3 is 2.58 bits per heavy atom. The molecule has 1 amide bonds. The van der Waals surface area contributed by atoms with Crippen LogP contribution in [-0.2, 0) is 0 Å². The van der Waals surface area contributed by atoms with E-state index in [4.69, 9.17) is 0 Å². The quantitative estimate of drug-likeness (QED) is 0.746. The number of nitrogens with zero attached hydrogens (tertiary/aromatic N) is 3. The van der Waals surface area contributed by atoms with Gasteiger partial charge < -0.3 is 5.32 Å². The van der Waals surface area contributed by atoms with Gasteiger partial charge in [0, 0.05) is 22.9 Å². The molecule has 6 heteroatoms. The maximum absolute atomic E-state index is 12.4. The number of amides is 1. The first-order valence-corrected chi connectivity index (χ1v) is 7.73. The van der Waals surface area contributed by atoms with E-state index in [2.05, 4.69) is 15.6 Å². The van der Waals surface area contributed by atoms with Crippen molar-refractivity contribution in [3.63, 3.8) is 0 Å². The molecule has 0 aliphatic rings. The molecule has 24 heavy (non-hydrogen) atoms. The zero-order valence-electron chi connectivity index (χ0n) is 13.8. The predicted molar refractivity (Wildman–Crippen MR) is 92.3 cm³/mol. The molecule has 0 saturated carbocycles. The molecule has 3 aromatic rings. The molecule has 0 spiro atoms. The van der Waals surface area contributed by atoms with Gasteiger partial charge in [-0.1, -0.05) is 17.3 Å². The van der Waals surface area contributed by atoms with Gasteiger partial charge in [0.2, 0.25) is 0 Å². The fourth-order valence-electron chi connectivity index (χ4n) is 2.48. The van der Waals surface area contributed by atoms with Gasteiger partial charge in [0.1, 0.15) is 5.52 Å². The predicted octanol–water partition coefficient (Wildman–Crippen LogP) is 3.47. The molecule has 0 saturated heterocycles. The molecule has 2 aromatic carbocycles. The zero-order chi connectivity index (χ0) is 17.3. The monoisotopic (exact) mass is 322 g/mol. The van der Waals surface area contributed by atoms with Crippen molar-refractivity contribution >= 4 is 28.4 Å². The highest BCUT2D eigenvalue weighted by Gasteiger charge is 2.12. The van der Waals surface area contributed by atoms with Crippen LogP contribution in [0.4, 0.5) is 5.69 Å². The van der Waals surface area contributed by atoms with Crippen molar-refractivity contribution in [3.8, 4) is 0 Å². The van der Waals surface area contributed by atoms with Gasteiger partial charge in [-0.2, -0.15) is 0 Å². The van der Waals surface area contributed by atoms with Crippen LogP contribution in [0.15, 0.2) is 42.5 Å². The molecule has 0 atom stereocenters. The lowest BCUT2D eigenvalue weighted by Gasteiger charge is -2.07. The average Bonchev–Trinajstić information content (AvgIpc) is 2.98. The smallest absolute Gasteiger partial charge is 0.255 e. The van der Waals surface area contributed by atoms with E-state index in [9.17, 15) is 9.59 Å². The SMILES string of the molecule is CC(=O)c1cccc(NC(=O)c2ccc3c(c2)nnn3C(C)C)c1. The molecule has 0 radical (unpaired) electrons. The summed E-state index contributed by atoms with van der Waals surface area (Å²) in [7, 11) is 0. The number of fused-ring (bicyclic) bond motifs is 1. The van der Waals surface area contributed by atoms with Gasteiger partial charge in [0.15, 0.2) is 5.78 Å². The van der Waals surface area contributed by atoms with Gasteiger partial charge >= 0.3 is 0 Å². The van der Waals surface area contributed by atoms with Crippen molar-refractivity contribution in [2.75, 3.05) is 5.32 Å². The summed E-state index contributed by atoms with van der Waals surface area (Å²) in [6.07, 6.45) is 0. The van der Waals surface area contributed by atoms with Gasteiger partial charge in [0.25, 0.3) is 5.91 Å². The van der Waals surface area contributed by atoms with Gasteiger partial charge in [0.05, 0.1) is 5.52 Å². The van der Waals surface area contributed by atoms with Crippen LogP contribution in [-0.4, -0.2) is 26.7 Å². The molecule has 1 heterocycles. The summed E-state index contributed by atoms with van der Waals surface area (Å²) in [6.45, 7) is 5.54. The largest absolute Gasteiger partial charge is 0.322 e. The van der Waals surface area contributed by atoms with E-state index in [-0.39, 0.29) is 17.7 Å². The van der Waals surface area contributed by atoms with Gasteiger partial charge in [-0.05, 0) is 51.1 Å². The minimum Gasteiger partial charge on any atom is -0.322 e. The molecule has 0 unspecified atom stereocenters. The Labute approximate surface area is 139 Å². The highest BCUT2D eigenvalue weighted by atomic mass is 16.1. The third-order valence-corrected chi connectivity index (χ3v) is 3.75. The average molecular weight is 322 g/mol. The number of Topliss-reactive ketones (excluding diaryl/α,β-unsaturated/α-hetero) is 1. The van der Waals surface area contributed by atoms with Gasteiger partial charge in [-0.15, -0.1) is 5.10 Å². The molecule has 0 fully saturated rings. The van der Waals surface area contributed by atoms with E-state index in [1.807, 2.05) is 24.6 Å². The second-order valence-corrected chi connectivity index (χ2v) is 5.92. The summed E-state index contributed by atoms with van der Waals surface area (Å²) < 4.78 is 1.81. The number of carbonyl (C=O) groups is 2. The lowest BCUT2D eigenvalue weighted by atomic mass is 10.1. The lowest BCUT2D eigenvalue weighted by molar-refractivity contribution is 0.101. The van der Waals surface area contributed by atoms with Crippen molar-refractivity contribution in [2.24, 2.45) is 0 Å². The number of hydrogen-bond acceptors (Lipinski definition) is 4. The summed E-state index contributed by atoms with van der Waals surface area (Å²) in [4.78, 5) is 23.9. The van der Waals surface area contributed by atoms with Crippen molar-refractivity contribution in [2.45, 2.75) is 26.8 Å². The maximum atomic E-state index is 12.4. The fourth-order valence-corrected chi connectivity index (χ4v) is 2.48. The van der Waals surface area contributed by atoms with Crippen LogP contribution >= 0.6 is 0 Å². The number of rotatable bonds is 4. The number of hydrogen-bond donors (Lipinski definition) is 1. The summed E-state index contributed by atoms with van der Waals surface area (Å²) in [5.74, 6) is -0.297. The minimum atomic E-state index is -0.253. The molecule has 0 aliphatic heterocycles. The van der Waals surface area contributed by atoms with Crippen LogP contribution in [0.25, 0.3) is 11.0 Å². The third kappa shape index (κ3) is 3.03. The van der Waals surface area contributed by atoms with Gasteiger partial charge in [-0.3, -0.25) is 9.59 Å². The van der Waals surface area contributed by atoms with Crippen LogP contribution in [0.2, 0.25) is 0 Å². The summed E-state index contributed by atoms with van der Waals surface area (Å²) >= 11 is 0. The molecule has 1 N–H and O–H groups in total. The van der Waals surface area contributed by atoms with E-state index in [0.717, 1.165) is 5.52 Å². The molecule has 1 aromatic heterocycles. The normalized spacial score (nSPS) is 11.0. The number of nitrogens with one attached hydrogen (secondary N) is 1. The third-order valence-electron chi connectivity index (χ3n) is 3.75. The highest BCUT2D eigenvalue weighted by Crippen LogP contribution is 2.18. The number of carbonyl (C=O) groups excluding carboxylic acids is 2. The summed E-state index contributed by atoms with van der Waals surface area (Å²) in [5.41, 5.74) is 3.20. The number of ketones is 1. The molecular formula is C18H18N4O2. The summed E-state index contributed by atoms with van der Waals surface area (Å²) in [6, 6.07) is 12.4. The number of aromatic nitrogens is 3. The van der Waals surface area contributed by atoms with Crippen LogP contribution in [0.3, 0.4) is 0 Å². The lowest BCUT2D eigenvalue weighted by Crippen LogP contribution is -2.12. The number of anilines is 1. The Morgan fingerprint density at radius 1 is 1.08 bits per heavy atom. The van der Waals surface area contributed by atoms with E-state index in [1.165, 1.54) is 6.92 Å². The van der Waals surface area contributed by atoms with Crippen molar-refractivity contribution in [3.05, 3.63) is 53.6 Å². The Balaban J connectivity index is 1.86. The molecule has 6 nitrogen and oxygen atoms in total. The Bertz CT molecular complexity index is 928. The van der Waals surface area contributed by atoms with E-state index in [0.29, 0.717) is 22.3 Å². The zero-order valence-corrected chi connectivity index (χ0v) is 13.8. The second kappa shape index (κ2) is 6.23. The maximum Gasteiger partial charge on any atom is 0.255 e. The van der Waals surface area contributed by atoms with E-state index < -0.39 is 0 Å². The van der Waals surface area contributed by atoms with Crippen LogP contribution < -0.4 is 5.32 Å². The standard InChI is InChI=1S/C18H18N4O2/c1-11(2)22-17-8-7-14(10-16(17)20-21-22)18(24)19-15-6-4-5-13(9-15)12(3)23/h4-11H,1-3H3,(H,19,24). The molecule has 0 bridgehead atoms. The Morgan fingerprint density at radius 2 is 1.88 bits per heavy atom. The molecule has 3 rings (SSSR count). The van der Waals surface area contributed by atoms with E-state index in [1.54, 1.807) is 36.4 Å². The van der Waals surface area contributed by atoms with Crippen LogP contribution in [0.5, 0.6) is 0 Å². The number of benzene rings is 2. The summed E-state index contributed by atoms with van der Waals surface area (Å²) in [5, 5.41) is 11.0. The van der Waals surface area contributed by atoms with Gasteiger partial charge in [-0.25, -0.2) is 4.68 Å². The topological polar surface area (TPSA) is 76.9 Å².